The molecule has 124 valence electrons. The second-order valence-electron chi connectivity index (χ2n) is 6.63. The smallest absolute Gasteiger partial charge is 0.419 e. The zero-order valence-corrected chi connectivity index (χ0v) is 14.2. The van der Waals surface area contributed by atoms with E-state index in [9.17, 15) is 4.79 Å². The van der Waals surface area contributed by atoms with Crippen molar-refractivity contribution >= 4 is 17.0 Å². The van der Waals surface area contributed by atoms with Crippen molar-refractivity contribution in [3.63, 3.8) is 0 Å². The van der Waals surface area contributed by atoms with Crippen LogP contribution in [0.2, 0.25) is 0 Å². The molecular weight excluding hydrogens is 302 g/mol. The number of hydrogen-bond acceptors (Lipinski definition) is 3. The Balaban J connectivity index is 1.91. The number of carbonyl (C=O) groups excluding carboxylic acids is 1. The highest BCUT2D eigenvalue weighted by Crippen LogP contribution is 2.28. The normalized spacial score (nSPS) is 11.5. The van der Waals surface area contributed by atoms with Gasteiger partial charge in [0.1, 0.15) is 23.5 Å². The van der Waals surface area contributed by atoms with Crippen LogP contribution in [0.1, 0.15) is 26.3 Å². The molecule has 0 unspecified atom stereocenters. The van der Waals surface area contributed by atoms with Crippen LogP contribution >= 0.6 is 0 Å². The van der Waals surface area contributed by atoms with Gasteiger partial charge in [-0.3, -0.25) is 0 Å². The molecule has 3 aromatic rings. The van der Waals surface area contributed by atoms with E-state index in [-0.39, 0.29) is 0 Å². The number of ether oxygens (including phenoxy) is 2. The Morgan fingerprint density at radius 3 is 2.46 bits per heavy atom. The van der Waals surface area contributed by atoms with Gasteiger partial charge in [-0.15, -0.1) is 0 Å². The summed E-state index contributed by atoms with van der Waals surface area (Å²) >= 11 is 0. The number of hydrogen-bond donors (Lipinski definition) is 0. The van der Waals surface area contributed by atoms with Crippen LogP contribution < -0.4 is 4.74 Å². The Kier molecular flexibility index (Phi) is 4.30. The highest BCUT2D eigenvalue weighted by Gasteiger charge is 2.20. The van der Waals surface area contributed by atoms with Gasteiger partial charge in [-0.1, -0.05) is 42.5 Å². The summed E-state index contributed by atoms with van der Waals surface area (Å²) in [5, 5.41) is 0.937. The highest BCUT2D eigenvalue weighted by atomic mass is 16.6. The molecule has 2 aromatic carbocycles. The predicted octanol–water partition coefficient (Wildman–Crippen LogP) is 5.00. The van der Waals surface area contributed by atoms with Gasteiger partial charge >= 0.3 is 6.09 Å². The maximum Gasteiger partial charge on any atom is 0.419 e. The fourth-order valence-electron chi connectivity index (χ4n) is 2.48. The molecule has 0 saturated heterocycles. The zero-order chi connectivity index (χ0) is 17.2. The summed E-state index contributed by atoms with van der Waals surface area (Å²) in [4.78, 5) is 12.4. The van der Waals surface area contributed by atoms with Gasteiger partial charge in [-0.25, -0.2) is 9.36 Å². The summed E-state index contributed by atoms with van der Waals surface area (Å²) in [5.74, 6) is 0.659. The van der Waals surface area contributed by atoms with E-state index in [1.807, 2.05) is 75.4 Å². The summed E-state index contributed by atoms with van der Waals surface area (Å²) in [5.41, 5.74) is 1.25. The lowest BCUT2D eigenvalue weighted by Crippen LogP contribution is -2.26. The first-order valence-electron chi connectivity index (χ1n) is 7.94. The maximum atomic E-state index is 12.4. The third kappa shape index (κ3) is 3.59. The molecular formula is C20H21NO3. The summed E-state index contributed by atoms with van der Waals surface area (Å²) in [6.45, 7) is 6.00. The molecule has 0 atom stereocenters. The first kappa shape index (κ1) is 16.1. The molecule has 0 aliphatic heterocycles. The van der Waals surface area contributed by atoms with E-state index in [4.69, 9.17) is 9.47 Å². The monoisotopic (exact) mass is 323 g/mol. The number of nitrogens with zero attached hydrogens (tertiary/aromatic N) is 1. The van der Waals surface area contributed by atoms with E-state index in [0.29, 0.717) is 12.4 Å². The van der Waals surface area contributed by atoms with Crippen LogP contribution in [-0.4, -0.2) is 16.3 Å². The standard InChI is InChI=1S/C20H21NO3/c1-20(2,3)24-19(22)21-13-12-16-10-7-11-17(18(16)21)23-14-15-8-5-4-6-9-15/h4-13H,14H2,1-3H3. The van der Waals surface area contributed by atoms with Crippen LogP contribution in [0.25, 0.3) is 10.9 Å². The van der Waals surface area contributed by atoms with Crippen molar-refractivity contribution in [3.05, 3.63) is 66.4 Å². The Hall–Kier alpha value is -2.75. The molecule has 0 amide bonds. The Bertz CT molecular complexity index is 844. The zero-order valence-electron chi connectivity index (χ0n) is 14.2. The molecule has 24 heavy (non-hydrogen) atoms. The summed E-state index contributed by atoms with van der Waals surface area (Å²) in [6.07, 6.45) is 1.31. The molecule has 0 fully saturated rings. The van der Waals surface area contributed by atoms with E-state index < -0.39 is 11.7 Å². The molecule has 0 radical (unpaired) electrons. The molecule has 3 rings (SSSR count). The fourth-order valence-corrected chi connectivity index (χ4v) is 2.48. The van der Waals surface area contributed by atoms with Crippen molar-refractivity contribution in [2.24, 2.45) is 0 Å². The van der Waals surface area contributed by atoms with E-state index in [1.165, 1.54) is 4.57 Å². The van der Waals surface area contributed by atoms with Crippen molar-refractivity contribution in [2.45, 2.75) is 33.0 Å². The Morgan fingerprint density at radius 2 is 1.75 bits per heavy atom. The van der Waals surface area contributed by atoms with Crippen molar-refractivity contribution in [1.82, 2.24) is 4.57 Å². The Morgan fingerprint density at radius 1 is 1.00 bits per heavy atom. The molecule has 4 nitrogen and oxygen atoms in total. The maximum absolute atomic E-state index is 12.4. The summed E-state index contributed by atoms with van der Waals surface area (Å²) in [7, 11) is 0. The molecule has 4 heteroatoms. The van der Waals surface area contributed by atoms with Gasteiger partial charge in [-0.2, -0.15) is 0 Å². The average molecular weight is 323 g/mol. The molecule has 1 aromatic heterocycles. The van der Waals surface area contributed by atoms with Crippen LogP contribution in [0.5, 0.6) is 5.75 Å². The fraction of sp³-hybridized carbons (Fsp3) is 0.250. The third-order valence-corrected chi connectivity index (χ3v) is 3.50. The molecule has 0 bridgehead atoms. The van der Waals surface area contributed by atoms with Gasteiger partial charge in [0, 0.05) is 11.6 Å². The lowest BCUT2D eigenvalue weighted by molar-refractivity contribution is 0.0543. The number of rotatable bonds is 3. The van der Waals surface area contributed by atoms with Crippen LogP contribution in [0.3, 0.4) is 0 Å². The summed E-state index contributed by atoms with van der Waals surface area (Å²) < 4.78 is 12.9. The van der Waals surface area contributed by atoms with Gasteiger partial charge in [0.25, 0.3) is 0 Å². The number of carbonyl (C=O) groups is 1. The number of fused-ring (bicyclic) bond motifs is 1. The Labute approximate surface area is 141 Å². The van der Waals surface area contributed by atoms with E-state index in [2.05, 4.69) is 0 Å². The molecule has 0 aliphatic rings. The van der Waals surface area contributed by atoms with Gasteiger partial charge in [0.05, 0.1) is 0 Å². The van der Waals surface area contributed by atoms with Crippen molar-refractivity contribution in [3.8, 4) is 5.75 Å². The molecule has 0 spiro atoms. The molecule has 0 aliphatic carbocycles. The lowest BCUT2D eigenvalue weighted by atomic mass is 10.2. The van der Waals surface area contributed by atoms with Gasteiger partial charge in [0.2, 0.25) is 0 Å². The SMILES string of the molecule is CC(C)(C)OC(=O)n1ccc2cccc(OCc3ccccc3)c21. The van der Waals surface area contributed by atoms with Crippen LogP contribution in [-0.2, 0) is 11.3 Å². The van der Waals surface area contributed by atoms with E-state index >= 15 is 0 Å². The van der Waals surface area contributed by atoms with Crippen molar-refractivity contribution in [1.29, 1.82) is 0 Å². The molecule has 0 saturated carbocycles. The van der Waals surface area contributed by atoms with Crippen molar-refractivity contribution < 1.29 is 14.3 Å². The number of para-hydroxylation sites is 1. The minimum atomic E-state index is -0.548. The largest absolute Gasteiger partial charge is 0.487 e. The number of aromatic nitrogens is 1. The van der Waals surface area contributed by atoms with E-state index in [1.54, 1.807) is 6.20 Å². The highest BCUT2D eigenvalue weighted by molar-refractivity contribution is 5.93. The van der Waals surface area contributed by atoms with Gasteiger partial charge in [0.15, 0.2) is 0 Å². The second-order valence-corrected chi connectivity index (χ2v) is 6.63. The van der Waals surface area contributed by atoms with Gasteiger partial charge < -0.3 is 9.47 Å². The predicted molar refractivity (Wildman–Crippen MR) is 94.3 cm³/mol. The van der Waals surface area contributed by atoms with Gasteiger partial charge in [-0.05, 0) is 38.5 Å². The quantitative estimate of drug-likeness (QED) is 0.681. The van der Waals surface area contributed by atoms with E-state index in [0.717, 1.165) is 16.5 Å². The average Bonchev–Trinajstić information content (AvgIpc) is 2.97. The summed E-state index contributed by atoms with van der Waals surface area (Å²) in [6, 6.07) is 17.6. The molecule has 0 N–H and O–H groups in total. The van der Waals surface area contributed by atoms with Crippen molar-refractivity contribution in [2.75, 3.05) is 0 Å². The van der Waals surface area contributed by atoms with Crippen LogP contribution in [0.4, 0.5) is 4.79 Å². The second kappa shape index (κ2) is 6.40. The van der Waals surface area contributed by atoms with Crippen LogP contribution in [0.15, 0.2) is 60.8 Å². The first-order chi connectivity index (χ1) is 11.4. The molecule has 1 heterocycles. The first-order valence-corrected chi connectivity index (χ1v) is 7.94. The minimum absolute atomic E-state index is 0.409. The lowest BCUT2D eigenvalue weighted by Gasteiger charge is -2.20. The third-order valence-electron chi connectivity index (χ3n) is 3.50. The minimum Gasteiger partial charge on any atom is -0.487 e. The number of benzene rings is 2. The van der Waals surface area contributed by atoms with Crippen LogP contribution in [0, 0.1) is 0 Å². The topological polar surface area (TPSA) is 40.5 Å².